The average Bonchev–Trinajstić information content (AvgIpc) is 3.56. The molecule has 4 aromatic heterocycles. The number of fused-ring (bicyclic) bond motifs is 2. The largest absolute Gasteiger partial charge is 0.374 e. The highest BCUT2D eigenvalue weighted by Gasteiger charge is 2.20. The summed E-state index contributed by atoms with van der Waals surface area (Å²) in [7, 11) is 2.16. The number of hydrogen-bond acceptors (Lipinski definition) is 8. The first kappa shape index (κ1) is 24.3. The van der Waals surface area contributed by atoms with Crippen LogP contribution < -0.4 is 10.2 Å². The Hall–Kier alpha value is -4.02. The van der Waals surface area contributed by atoms with Crippen molar-refractivity contribution in [2.75, 3.05) is 43.4 Å². The summed E-state index contributed by atoms with van der Waals surface area (Å²) in [5.74, 6) is 0.685. The second-order valence-corrected chi connectivity index (χ2v) is 9.98. The molecule has 1 aliphatic rings. The van der Waals surface area contributed by atoms with Crippen LogP contribution in [-0.4, -0.2) is 79.6 Å². The number of nitrogens with one attached hydrogen (secondary N) is 3. The molecule has 1 atom stereocenters. The summed E-state index contributed by atoms with van der Waals surface area (Å²) in [6, 6.07) is 12.2. The van der Waals surface area contributed by atoms with Crippen molar-refractivity contribution in [3.63, 3.8) is 0 Å². The second-order valence-electron chi connectivity index (χ2n) is 9.98. The Labute approximate surface area is 221 Å². The van der Waals surface area contributed by atoms with E-state index < -0.39 is 6.23 Å². The quantitative estimate of drug-likeness (QED) is 0.228. The summed E-state index contributed by atoms with van der Waals surface area (Å²) >= 11 is 0. The summed E-state index contributed by atoms with van der Waals surface area (Å²) in [6.07, 6.45) is 5.58. The summed E-state index contributed by atoms with van der Waals surface area (Å²) in [4.78, 5) is 22.5. The highest BCUT2D eigenvalue weighted by atomic mass is 16.3. The maximum Gasteiger partial charge on any atom is 0.161 e. The summed E-state index contributed by atoms with van der Waals surface area (Å²) in [5, 5.41) is 21.1. The van der Waals surface area contributed by atoms with Gasteiger partial charge in [-0.25, -0.2) is 9.97 Å². The first-order valence-corrected chi connectivity index (χ1v) is 13.3. The first-order valence-electron chi connectivity index (χ1n) is 13.3. The van der Waals surface area contributed by atoms with Gasteiger partial charge in [0.25, 0.3) is 0 Å². The van der Waals surface area contributed by atoms with E-state index in [-0.39, 0.29) is 0 Å². The summed E-state index contributed by atoms with van der Waals surface area (Å²) in [6.45, 7) is 6.14. The van der Waals surface area contributed by atoms with Crippen molar-refractivity contribution >= 4 is 33.4 Å². The molecule has 0 amide bonds. The van der Waals surface area contributed by atoms with Crippen molar-refractivity contribution in [1.82, 2.24) is 35.0 Å². The highest BCUT2D eigenvalue weighted by molar-refractivity contribution is 5.95. The van der Waals surface area contributed by atoms with E-state index in [4.69, 9.17) is 9.97 Å². The van der Waals surface area contributed by atoms with Crippen molar-refractivity contribution < 1.29 is 5.11 Å². The van der Waals surface area contributed by atoms with Crippen molar-refractivity contribution in [3.8, 4) is 22.8 Å². The number of nitrogens with zero attached hydrogens (tertiary/aromatic N) is 6. The van der Waals surface area contributed by atoms with Crippen molar-refractivity contribution in [2.24, 2.45) is 0 Å². The standard InChI is InChI=1S/C28H33N9O/c1-3-4-8-24(38)30-19-15-18(16-29-17-19)20-9-10-22-26(31-20)27(35-34-22)28-32-21-6-5-7-23(25(21)33-28)37-13-11-36(2)12-14-37/h5-7,9-10,15-17,24,30,38H,3-4,8,11-14H2,1-2H3,(H,32,33)(H,34,35). The minimum Gasteiger partial charge on any atom is -0.374 e. The van der Waals surface area contributed by atoms with Gasteiger partial charge >= 0.3 is 0 Å². The minimum atomic E-state index is -0.605. The number of aromatic nitrogens is 6. The number of aromatic amines is 2. The molecular formula is C28H33N9O. The molecule has 5 heterocycles. The number of piperazine rings is 1. The van der Waals surface area contributed by atoms with Crippen LogP contribution in [0.25, 0.3) is 44.8 Å². The Balaban J connectivity index is 1.32. The molecule has 1 aliphatic heterocycles. The topological polar surface area (TPSA) is 122 Å². The molecule has 0 spiro atoms. The average molecular weight is 512 g/mol. The lowest BCUT2D eigenvalue weighted by atomic mass is 10.1. The van der Waals surface area contributed by atoms with E-state index in [0.717, 1.165) is 83.7 Å². The number of hydrogen-bond donors (Lipinski definition) is 4. The maximum atomic E-state index is 10.3. The van der Waals surface area contributed by atoms with Crippen LogP contribution >= 0.6 is 0 Å². The minimum absolute atomic E-state index is 0.605. The van der Waals surface area contributed by atoms with Gasteiger partial charge in [0.1, 0.15) is 17.3 Å². The molecule has 5 aromatic rings. The Morgan fingerprint density at radius 2 is 1.89 bits per heavy atom. The molecule has 0 saturated carbocycles. The number of anilines is 2. The smallest absolute Gasteiger partial charge is 0.161 e. The van der Waals surface area contributed by atoms with Gasteiger partial charge in [0, 0.05) is 37.9 Å². The maximum absolute atomic E-state index is 10.3. The Morgan fingerprint density at radius 1 is 1.03 bits per heavy atom. The summed E-state index contributed by atoms with van der Waals surface area (Å²) in [5.41, 5.74) is 7.71. The van der Waals surface area contributed by atoms with Crippen LogP contribution in [0.3, 0.4) is 0 Å². The van der Waals surface area contributed by atoms with Gasteiger partial charge in [0.05, 0.1) is 34.3 Å². The van der Waals surface area contributed by atoms with Crippen LogP contribution in [-0.2, 0) is 0 Å². The number of para-hydroxylation sites is 1. The van der Waals surface area contributed by atoms with Crippen molar-refractivity contribution in [3.05, 3.63) is 48.8 Å². The number of H-pyrrole nitrogens is 2. The fourth-order valence-corrected chi connectivity index (χ4v) is 4.98. The van der Waals surface area contributed by atoms with E-state index in [9.17, 15) is 5.11 Å². The molecule has 0 aliphatic carbocycles. The normalized spacial score (nSPS) is 15.4. The third-order valence-corrected chi connectivity index (χ3v) is 7.17. The molecule has 1 aromatic carbocycles. The van der Waals surface area contributed by atoms with Gasteiger partial charge in [-0.05, 0) is 50.2 Å². The molecular weight excluding hydrogens is 478 g/mol. The molecule has 0 radical (unpaired) electrons. The van der Waals surface area contributed by atoms with Crippen molar-refractivity contribution in [2.45, 2.75) is 32.4 Å². The molecule has 1 fully saturated rings. The van der Waals surface area contributed by atoms with E-state index in [1.807, 2.05) is 18.2 Å². The Bertz CT molecular complexity index is 1550. The predicted molar refractivity (Wildman–Crippen MR) is 151 cm³/mol. The lowest BCUT2D eigenvalue weighted by Crippen LogP contribution is -2.44. The van der Waals surface area contributed by atoms with E-state index in [1.54, 1.807) is 12.4 Å². The number of aliphatic hydroxyl groups is 1. The second kappa shape index (κ2) is 10.4. The van der Waals surface area contributed by atoms with Crippen LogP contribution in [0, 0.1) is 0 Å². The van der Waals surface area contributed by atoms with Crippen LogP contribution in [0.15, 0.2) is 48.8 Å². The van der Waals surface area contributed by atoms with Crippen LogP contribution in [0.4, 0.5) is 11.4 Å². The van der Waals surface area contributed by atoms with Crippen molar-refractivity contribution in [1.29, 1.82) is 0 Å². The zero-order valence-corrected chi connectivity index (χ0v) is 21.8. The first-order chi connectivity index (χ1) is 18.6. The lowest BCUT2D eigenvalue weighted by molar-refractivity contribution is 0.190. The van der Waals surface area contributed by atoms with E-state index in [2.05, 4.69) is 67.5 Å². The molecule has 1 saturated heterocycles. The zero-order valence-electron chi connectivity index (χ0n) is 21.8. The third-order valence-electron chi connectivity index (χ3n) is 7.17. The lowest BCUT2D eigenvalue weighted by Gasteiger charge is -2.34. The number of benzene rings is 1. The van der Waals surface area contributed by atoms with Gasteiger partial charge in [-0.3, -0.25) is 10.1 Å². The van der Waals surface area contributed by atoms with Crippen LogP contribution in [0.2, 0.25) is 0 Å². The Morgan fingerprint density at radius 3 is 2.74 bits per heavy atom. The molecule has 0 bridgehead atoms. The molecule has 196 valence electrons. The monoisotopic (exact) mass is 511 g/mol. The van der Waals surface area contributed by atoms with Gasteiger partial charge in [0.2, 0.25) is 0 Å². The fourth-order valence-electron chi connectivity index (χ4n) is 4.98. The van der Waals surface area contributed by atoms with Gasteiger partial charge in [0.15, 0.2) is 11.5 Å². The molecule has 4 N–H and O–H groups in total. The zero-order chi connectivity index (χ0) is 26.1. The number of aliphatic hydroxyl groups excluding tert-OH is 1. The van der Waals surface area contributed by atoms with Gasteiger partial charge < -0.3 is 25.2 Å². The van der Waals surface area contributed by atoms with Crippen LogP contribution in [0.1, 0.15) is 26.2 Å². The van der Waals surface area contributed by atoms with Gasteiger partial charge in [-0.15, -0.1) is 0 Å². The van der Waals surface area contributed by atoms with E-state index in [1.165, 1.54) is 0 Å². The van der Waals surface area contributed by atoms with E-state index >= 15 is 0 Å². The number of unbranched alkanes of at least 4 members (excludes halogenated alkanes) is 1. The molecule has 1 unspecified atom stereocenters. The molecule has 38 heavy (non-hydrogen) atoms. The van der Waals surface area contributed by atoms with Crippen LogP contribution in [0.5, 0.6) is 0 Å². The highest BCUT2D eigenvalue weighted by Crippen LogP contribution is 2.31. The number of pyridine rings is 2. The molecule has 10 heteroatoms. The third kappa shape index (κ3) is 4.80. The fraction of sp³-hybridized carbons (Fsp3) is 0.357. The molecule has 6 rings (SSSR count). The SMILES string of the molecule is CCCCC(O)Nc1cncc(-c2ccc3[nH]nc(-c4nc5c(N6CCN(C)CC6)cccc5[nH]4)c3n2)c1. The van der Waals surface area contributed by atoms with Gasteiger partial charge in [-0.2, -0.15) is 5.10 Å². The number of likely N-dealkylation sites (N-methyl/N-ethyl adjacent to an activating group) is 1. The molecule has 10 nitrogen and oxygen atoms in total. The predicted octanol–water partition coefficient (Wildman–Crippen LogP) is 4.24. The van der Waals surface area contributed by atoms with Gasteiger partial charge in [-0.1, -0.05) is 19.4 Å². The van der Waals surface area contributed by atoms with E-state index in [0.29, 0.717) is 17.9 Å². The summed E-state index contributed by atoms with van der Waals surface area (Å²) < 4.78 is 0. The Kier molecular flexibility index (Phi) is 6.65. The number of imidazole rings is 1. The number of rotatable bonds is 8.